The predicted molar refractivity (Wildman–Crippen MR) is 74.7 cm³/mol. The van der Waals surface area contributed by atoms with Crippen LogP contribution in [0.15, 0.2) is 24.3 Å². The Labute approximate surface area is 114 Å². The van der Waals surface area contributed by atoms with Crippen molar-refractivity contribution in [2.75, 3.05) is 24.6 Å². The molecule has 4 heteroatoms. The van der Waals surface area contributed by atoms with Crippen molar-refractivity contribution in [3.63, 3.8) is 0 Å². The fourth-order valence-electron chi connectivity index (χ4n) is 2.49. The molecule has 1 atom stereocenters. The molecule has 1 saturated heterocycles. The summed E-state index contributed by atoms with van der Waals surface area (Å²) in [4.78, 5) is 13.5. The zero-order chi connectivity index (χ0) is 14.0. The van der Waals surface area contributed by atoms with Crippen LogP contribution in [0.5, 0.6) is 0 Å². The molecule has 0 amide bonds. The third-order valence-electron chi connectivity index (χ3n) is 3.32. The highest BCUT2D eigenvalue weighted by Crippen LogP contribution is 2.26. The number of nitrogens with zero attached hydrogens (tertiary/aromatic N) is 1. The van der Waals surface area contributed by atoms with E-state index < -0.39 is 0 Å². The first-order valence-corrected chi connectivity index (χ1v) is 6.56. The van der Waals surface area contributed by atoms with Gasteiger partial charge in [-0.05, 0) is 45.0 Å². The van der Waals surface area contributed by atoms with Crippen molar-refractivity contribution in [2.24, 2.45) is 0 Å². The number of aliphatic hydroxyl groups is 1. The van der Waals surface area contributed by atoms with Gasteiger partial charge < -0.3 is 14.7 Å². The normalized spacial score (nSPS) is 22.3. The summed E-state index contributed by atoms with van der Waals surface area (Å²) in [5, 5.41) is 9.31. The smallest absolute Gasteiger partial charge is 0.159 e. The van der Waals surface area contributed by atoms with Gasteiger partial charge in [0.05, 0.1) is 18.3 Å². The van der Waals surface area contributed by atoms with Gasteiger partial charge in [0.25, 0.3) is 0 Å². The lowest BCUT2D eigenvalue weighted by molar-refractivity contribution is -0.101. The molecule has 0 aromatic heterocycles. The standard InChI is InChI=1S/C15H21NO3/c1-11(18)12-4-6-13(7-5-12)16-8-14(9-17)19-15(2,3)10-16/h4-7,14,17H,8-10H2,1-3H3. The number of hydrogen-bond acceptors (Lipinski definition) is 4. The molecule has 0 saturated carbocycles. The Morgan fingerprint density at radius 2 is 2.05 bits per heavy atom. The Bertz CT molecular complexity index is 453. The summed E-state index contributed by atoms with van der Waals surface area (Å²) in [7, 11) is 0. The van der Waals surface area contributed by atoms with Crippen LogP contribution in [0, 0.1) is 0 Å². The Morgan fingerprint density at radius 1 is 1.42 bits per heavy atom. The van der Waals surface area contributed by atoms with E-state index in [-0.39, 0.29) is 24.1 Å². The molecule has 0 spiro atoms. The van der Waals surface area contributed by atoms with Gasteiger partial charge in [0.15, 0.2) is 5.78 Å². The minimum atomic E-state index is -0.287. The van der Waals surface area contributed by atoms with E-state index in [4.69, 9.17) is 4.74 Å². The molecule has 19 heavy (non-hydrogen) atoms. The van der Waals surface area contributed by atoms with Gasteiger partial charge in [-0.25, -0.2) is 0 Å². The average molecular weight is 263 g/mol. The van der Waals surface area contributed by atoms with Gasteiger partial charge in [-0.15, -0.1) is 0 Å². The van der Waals surface area contributed by atoms with Crippen LogP contribution in [0.4, 0.5) is 5.69 Å². The number of aliphatic hydroxyl groups excluding tert-OH is 1. The van der Waals surface area contributed by atoms with Gasteiger partial charge in [0, 0.05) is 24.3 Å². The molecule has 1 aromatic carbocycles. The van der Waals surface area contributed by atoms with Gasteiger partial charge in [-0.1, -0.05) is 0 Å². The SMILES string of the molecule is CC(=O)c1ccc(N2CC(CO)OC(C)(C)C2)cc1. The number of benzene rings is 1. The maximum Gasteiger partial charge on any atom is 0.159 e. The van der Waals surface area contributed by atoms with Crippen LogP contribution in [0.1, 0.15) is 31.1 Å². The Morgan fingerprint density at radius 3 is 2.58 bits per heavy atom. The number of hydrogen-bond donors (Lipinski definition) is 1. The van der Waals surface area contributed by atoms with Crippen LogP contribution >= 0.6 is 0 Å². The lowest BCUT2D eigenvalue weighted by atomic mass is 10.0. The van der Waals surface area contributed by atoms with E-state index >= 15 is 0 Å². The number of anilines is 1. The summed E-state index contributed by atoms with van der Waals surface area (Å²) in [6, 6.07) is 7.58. The number of Topliss-reactive ketones (excluding diaryl/α,β-unsaturated/α-hetero) is 1. The molecule has 104 valence electrons. The van der Waals surface area contributed by atoms with E-state index in [1.54, 1.807) is 6.92 Å². The van der Waals surface area contributed by atoms with Gasteiger partial charge >= 0.3 is 0 Å². The van der Waals surface area contributed by atoms with E-state index in [1.807, 2.05) is 38.1 Å². The van der Waals surface area contributed by atoms with Crippen molar-refractivity contribution >= 4 is 11.5 Å². The number of rotatable bonds is 3. The maximum absolute atomic E-state index is 11.3. The second kappa shape index (κ2) is 5.31. The summed E-state index contributed by atoms with van der Waals surface area (Å²) in [5.41, 5.74) is 1.49. The van der Waals surface area contributed by atoms with Gasteiger partial charge in [-0.2, -0.15) is 0 Å². The molecular formula is C15H21NO3. The molecular weight excluding hydrogens is 242 g/mol. The molecule has 1 aromatic rings. The van der Waals surface area contributed by atoms with E-state index in [9.17, 15) is 9.90 Å². The fraction of sp³-hybridized carbons (Fsp3) is 0.533. The molecule has 0 radical (unpaired) electrons. The van der Waals surface area contributed by atoms with Crippen LogP contribution in [0.25, 0.3) is 0 Å². The summed E-state index contributed by atoms with van der Waals surface area (Å²) in [5.74, 6) is 0.0714. The first-order chi connectivity index (χ1) is 8.91. The van der Waals surface area contributed by atoms with Gasteiger partial charge in [-0.3, -0.25) is 4.79 Å². The first-order valence-electron chi connectivity index (χ1n) is 6.56. The predicted octanol–water partition coefficient (Wildman–Crippen LogP) is 1.87. The second-order valence-corrected chi connectivity index (χ2v) is 5.67. The van der Waals surface area contributed by atoms with E-state index in [2.05, 4.69) is 4.90 Å². The Kier molecular flexibility index (Phi) is 3.92. The lowest BCUT2D eigenvalue weighted by Crippen LogP contribution is -2.54. The quantitative estimate of drug-likeness (QED) is 0.846. The van der Waals surface area contributed by atoms with E-state index in [1.165, 1.54) is 0 Å². The summed E-state index contributed by atoms with van der Waals surface area (Å²) in [6.07, 6.45) is -0.170. The van der Waals surface area contributed by atoms with Gasteiger partial charge in [0.1, 0.15) is 0 Å². The molecule has 1 unspecified atom stereocenters. The monoisotopic (exact) mass is 263 g/mol. The van der Waals surface area contributed by atoms with Crippen LogP contribution in [0.3, 0.4) is 0 Å². The zero-order valence-corrected chi connectivity index (χ0v) is 11.7. The second-order valence-electron chi connectivity index (χ2n) is 5.67. The summed E-state index contributed by atoms with van der Waals surface area (Å²) in [6.45, 7) is 7.06. The third-order valence-corrected chi connectivity index (χ3v) is 3.32. The van der Waals surface area contributed by atoms with Crippen molar-refractivity contribution in [3.05, 3.63) is 29.8 Å². The molecule has 1 fully saturated rings. The van der Waals surface area contributed by atoms with Crippen molar-refractivity contribution in [1.29, 1.82) is 0 Å². The number of carbonyl (C=O) groups excluding carboxylic acids is 1. The van der Waals surface area contributed by atoms with Crippen molar-refractivity contribution in [3.8, 4) is 0 Å². The van der Waals surface area contributed by atoms with Crippen LogP contribution < -0.4 is 4.90 Å². The number of carbonyl (C=O) groups is 1. The molecule has 4 nitrogen and oxygen atoms in total. The fourth-order valence-corrected chi connectivity index (χ4v) is 2.49. The highest BCUT2D eigenvalue weighted by molar-refractivity contribution is 5.94. The number of ether oxygens (including phenoxy) is 1. The Balaban J connectivity index is 2.18. The molecule has 1 aliphatic rings. The zero-order valence-electron chi connectivity index (χ0n) is 11.7. The van der Waals surface area contributed by atoms with Gasteiger partial charge in [0.2, 0.25) is 0 Å². The molecule has 1 aliphatic heterocycles. The highest BCUT2D eigenvalue weighted by atomic mass is 16.5. The topological polar surface area (TPSA) is 49.8 Å². The average Bonchev–Trinajstić information content (AvgIpc) is 2.37. The minimum Gasteiger partial charge on any atom is -0.394 e. The molecule has 0 bridgehead atoms. The minimum absolute atomic E-state index is 0.0193. The van der Waals surface area contributed by atoms with Crippen molar-refractivity contribution < 1.29 is 14.6 Å². The number of ketones is 1. The van der Waals surface area contributed by atoms with Crippen LogP contribution in [-0.4, -0.2) is 42.3 Å². The lowest BCUT2D eigenvalue weighted by Gasteiger charge is -2.43. The summed E-state index contributed by atoms with van der Waals surface area (Å²) < 4.78 is 5.79. The highest BCUT2D eigenvalue weighted by Gasteiger charge is 2.33. The Hall–Kier alpha value is -1.39. The summed E-state index contributed by atoms with van der Waals surface area (Å²) >= 11 is 0. The van der Waals surface area contributed by atoms with Crippen LogP contribution in [0.2, 0.25) is 0 Å². The van der Waals surface area contributed by atoms with E-state index in [0.29, 0.717) is 6.54 Å². The van der Waals surface area contributed by atoms with E-state index in [0.717, 1.165) is 17.8 Å². The van der Waals surface area contributed by atoms with Crippen molar-refractivity contribution in [2.45, 2.75) is 32.5 Å². The maximum atomic E-state index is 11.3. The molecule has 1 N–H and O–H groups in total. The molecule has 1 heterocycles. The number of morpholine rings is 1. The molecule has 0 aliphatic carbocycles. The first kappa shape index (κ1) is 14.0. The van der Waals surface area contributed by atoms with Crippen molar-refractivity contribution in [1.82, 2.24) is 0 Å². The molecule has 2 rings (SSSR count). The largest absolute Gasteiger partial charge is 0.394 e. The van der Waals surface area contributed by atoms with Crippen LogP contribution in [-0.2, 0) is 4.74 Å². The third kappa shape index (κ3) is 3.33.